The molecule has 0 bridgehead atoms. The number of likely N-dealkylation sites (tertiary alicyclic amines) is 2. The summed E-state index contributed by atoms with van der Waals surface area (Å²) in [4.78, 5) is 47.3. The van der Waals surface area contributed by atoms with Crippen molar-refractivity contribution in [2.24, 2.45) is 0 Å². The number of piperidine rings is 2. The van der Waals surface area contributed by atoms with Gasteiger partial charge in [-0.15, -0.1) is 0 Å². The van der Waals surface area contributed by atoms with Gasteiger partial charge in [-0.2, -0.15) is 10.5 Å². The number of urea groups is 2. The van der Waals surface area contributed by atoms with Crippen molar-refractivity contribution in [1.82, 2.24) is 40.4 Å². The number of nitrogens with zero attached hydrogens (tertiary/aromatic N) is 6. The van der Waals surface area contributed by atoms with E-state index in [4.69, 9.17) is 15.2 Å². The van der Waals surface area contributed by atoms with Crippen LogP contribution in [0.5, 0.6) is 0 Å². The summed E-state index contributed by atoms with van der Waals surface area (Å²) >= 11 is 0. The van der Waals surface area contributed by atoms with Crippen molar-refractivity contribution in [2.45, 2.75) is 49.9 Å². The van der Waals surface area contributed by atoms with Gasteiger partial charge in [0.25, 0.3) is 0 Å². The number of amides is 4. The normalized spacial score (nSPS) is 20.2. The Balaban J connectivity index is 0.930. The predicted molar refractivity (Wildman–Crippen MR) is 215 cm³/mol. The van der Waals surface area contributed by atoms with Crippen LogP contribution in [0.1, 0.15) is 60.5 Å². The molecule has 2 aliphatic heterocycles. The van der Waals surface area contributed by atoms with Gasteiger partial charge >= 0.3 is 12.1 Å². The molecule has 0 radical (unpaired) electrons. The third-order valence-corrected chi connectivity index (χ3v) is 10.9. The number of anilines is 2. The fourth-order valence-electron chi connectivity index (χ4n) is 7.84. The number of H-pyrrole nitrogens is 2. The molecule has 0 spiro atoms. The minimum Gasteiger partial charge on any atom is -0.341 e. The van der Waals surface area contributed by atoms with E-state index < -0.39 is 0 Å². The smallest absolute Gasteiger partial charge is 0.319 e. The Morgan fingerprint density at radius 3 is 1.91 bits per heavy atom. The highest BCUT2D eigenvalue weighted by Crippen LogP contribution is 2.33. The topological polar surface area (TPSA) is 194 Å². The number of carbonyl (C=O) groups excluding carboxylic acids is 2. The van der Waals surface area contributed by atoms with Crippen LogP contribution < -0.4 is 21.3 Å². The molecule has 0 aliphatic carbocycles. The molecule has 6 N–H and O–H groups in total. The monoisotopic (exact) mass is 746 g/mol. The molecule has 2 aromatic heterocycles. The van der Waals surface area contributed by atoms with Gasteiger partial charge in [0.15, 0.2) is 0 Å². The molecule has 2 fully saturated rings. The van der Waals surface area contributed by atoms with E-state index in [1.54, 1.807) is 36.4 Å². The predicted octanol–water partition coefficient (Wildman–Crippen LogP) is 6.76. The first-order chi connectivity index (χ1) is 27.2. The molecule has 4 amide bonds. The maximum Gasteiger partial charge on any atom is 0.319 e. The van der Waals surface area contributed by atoms with Crippen LogP contribution in [-0.2, 0) is 0 Å². The van der Waals surface area contributed by atoms with Crippen LogP contribution in [0.4, 0.5) is 21.0 Å². The second-order valence-electron chi connectivity index (χ2n) is 14.7. The van der Waals surface area contributed by atoms with Crippen LogP contribution in [0, 0.1) is 22.7 Å². The van der Waals surface area contributed by atoms with Crippen molar-refractivity contribution in [3.8, 4) is 23.3 Å². The second-order valence-corrected chi connectivity index (χ2v) is 14.7. The maximum atomic E-state index is 13.3. The number of aromatic nitrogens is 4. The highest BCUT2D eigenvalue weighted by atomic mass is 16.2. The minimum absolute atomic E-state index is 0.0421. The van der Waals surface area contributed by atoms with E-state index in [1.807, 2.05) is 48.5 Å². The first-order valence-electron chi connectivity index (χ1n) is 18.8. The van der Waals surface area contributed by atoms with Gasteiger partial charge in [0.2, 0.25) is 0 Å². The summed E-state index contributed by atoms with van der Waals surface area (Å²) in [7, 11) is 4.13. The summed E-state index contributed by atoms with van der Waals surface area (Å²) in [5, 5.41) is 31.2. The summed E-state index contributed by atoms with van der Waals surface area (Å²) in [6, 6.07) is 29.5. The number of fused-ring (bicyclic) bond motifs is 2. The van der Waals surface area contributed by atoms with Gasteiger partial charge in [-0.1, -0.05) is 18.2 Å². The highest BCUT2D eigenvalue weighted by Gasteiger charge is 2.32. The van der Waals surface area contributed by atoms with Crippen LogP contribution in [0.3, 0.4) is 0 Å². The summed E-state index contributed by atoms with van der Waals surface area (Å²) in [5.41, 5.74) is 7.25. The number of hydrogen-bond donors (Lipinski definition) is 6. The zero-order valence-corrected chi connectivity index (χ0v) is 31.1. The number of carbonyl (C=O) groups is 2. The summed E-state index contributed by atoms with van der Waals surface area (Å²) in [6.07, 6.45) is 2.99. The third-order valence-electron chi connectivity index (χ3n) is 10.9. The summed E-state index contributed by atoms with van der Waals surface area (Å²) in [6.45, 7) is 1.59. The van der Waals surface area contributed by atoms with Gasteiger partial charge in [-0.25, -0.2) is 19.6 Å². The molecule has 2 aliphatic rings. The zero-order valence-electron chi connectivity index (χ0n) is 31.1. The molecule has 6 aromatic rings. The van der Waals surface area contributed by atoms with Gasteiger partial charge in [-0.05, 0) is 112 Å². The van der Waals surface area contributed by atoms with E-state index in [0.29, 0.717) is 34.5 Å². The molecular formula is C42H42N12O2. The average Bonchev–Trinajstić information content (AvgIpc) is 3.84. The molecule has 4 atom stereocenters. The van der Waals surface area contributed by atoms with Crippen LogP contribution in [0.15, 0.2) is 84.9 Å². The third kappa shape index (κ3) is 7.75. The van der Waals surface area contributed by atoms with Gasteiger partial charge in [0, 0.05) is 42.1 Å². The Morgan fingerprint density at radius 1 is 0.696 bits per heavy atom. The average molecular weight is 747 g/mol. The number of rotatable bonds is 7. The second kappa shape index (κ2) is 15.5. The van der Waals surface area contributed by atoms with Gasteiger partial charge < -0.3 is 31.2 Å². The minimum atomic E-state index is -0.302. The number of hydrogen-bond acceptors (Lipinski definition) is 8. The molecule has 14 nitrogen and oxygen atoms in total. The fraction of sp³-hybridized carbons (Fsp3) is 0.286. The highest BCUT2D eigenvalue weighted by molar-refractivity contribution is 5.92. The number of aromatic amines is 2. The van der Waals surface area contributed by atoms with Crippen LogP contribution in [0.25, 0.3) is 33.2 Å². The Hall–Kier alpha value is -6.74. The van der Waals surface area contributed by atoms with E-state index >= 15 is 0 Å². The standard InChI is InChI=1S/C42H42N12O2/c1-53-17-16-31(21-37(53)39-49-33-5-3-4-6-34(33)50-39)48-42(56)46-29-13-9-27(24-44)32(20-29)26-10-14-35-36(19-26)52-40(51-35)38-22-30(15-18-54(38)2)47-41(55)45-28-11-7-25(23-43)8-12-28/h3-14,19-20,30-31,37-38H,15-18,21-22H2,1-2H3,(H,49,50)(H,51,52)(H2,45,47,55)(H2,46,48,56)/t30-,31-,37-,38-/m1/s1. The van der Waals surface area contributed by atoms with Crippen molar-refractivity contribution >= 4 is 45.5 Å². The maximum absolute atomic E-state index is 13.3. The number of benzene rings is 4. The molecule has 4 aromatic carbocycles. The van der Waals surface area contributed by atoms with Gasteiger partial charge in [0.1, 0.15) is 11.6 Å². The summed E-state index contributed by atoms with van der Waals surface area (Å²) in [5.74, 6) is 1.69. The summed E-state index contributed by atoms with van der Waals surface area (Å²) < 4.78 is 0. The Morgan fingerprint density at radius 2 is 1.29 bits per heavy atom. The van der Waals surface area contributed by atoms with E-state index in [-0.39, 0.29) is 36.2 Å². The molecule has 2 saturated heterocycles. The van der Waals surface area contributed by atoms with Crippen LogP contribution in [0.2, 0.25) is 0 Å². The lowest BCUT2D eigenvalue weighted by molar-refractivity contribution is 0.153. The quantitative estimate of drug-likeness (QED) is 0.103. The van der Waals surface area contributed by atoms with Crippen molar-refractivity contribution in [3.63, 3.8) is 0 Å². The molecular weight excluding hydrogens is 705 g/mol. The molecule has 8 rings (SSSR count). The Bertz CT molecular complexity index is 2460. The lowest BCUT2D eigenvalue weighted by Crippen LogP contribution is -2.46. The molecule has 14 heteroatoms. The fourth-order valence-corrected chi connectivity index (χ4v) is 7.84. The van der Waals surface area contributed by atoms with E-state index in [2.05, 4.69) is 67.3 Å². The molecule has 0 unspecified atom stereocenters. The molecule has 282 valence electrons. The zero-order chi connectivity index (χ0) is 38.8. The van der Waals surface area contributed by atoms with Crippen molar-refractivity contribution in [2.75, 3.05) is 37.8 Å². The SMILES string of the molecule is CN1CC[C@@H](NC(=O)Nc2ccc(C#N)c(-c3ccc4nc([C@H]5C[C@H](NC(=O)Nc6ccc(C#N)cc6)CCN5C)[nH]c4c3)c2)C[C@@H]1c1nc2ccccc2[nH]1. The number of nitrogens with one attached hydrogen (secondary N) is 6. The van der Waals surface area contributed by atoms with Crippen molar-refractivity contribution in [3.05, 3.63) is 108 Å². The number of imidazole rings is 2. The Labute approximate surface area is 323 Å². The largest absolute Gasteiger partial charge is 0.341 e. The molecule has 56 heavy (non-hydrogen) atoms. The van der Waals surface area contributed by atoms with Crippen molar-refractivity contribution < 1.29 is 9.59 Å². The molecule has 0 saturated carbocycles. The van der Waals surface area contributed by atoms with Gasteiger partial charge in [0.05, 0.1) is 57.4 Å². The van der Waals surface area contributed by atoms with Crippen LogP contribution in [-0.4, -0.2) is 81.1 Å². The number of nitriles is 2. The molecule has 4 heterocycles. The van der Waals surface area contributed by atoms with E-state index in [0.717, 1.165) is 71.6 Å². The van der Waals surface area contributed by atoms with Gasteiger partial charge in [-0.3, -0.25) is 9.80 Å². The first-order valence-corrected chi connectivity index (χ1v) is 18.8. The first kappa shape index (κ1) is 36.2. The number of para-hydroxylation sites is 2. The van der Waals surface area contributed by atoms with E-state index in [9.17, 15) is 14.9 Å². The lowest BCUT2D eigenvalue weighted by atomic mass is 9.97. The lowest BCUT2D eigenvalue weighted by Gasteiger charge is -2.36. The van der Waals surface area contributed by atoms with Crippen molar-refractivity contribution in [1.29, 1.82) is 10.5 Å². The Kier molecular flexibility index (Phi) is 10.1. The van der Waals surface area contributed by atoms with E-state index in [1.165, 1.54) is 0 Å². The van der Waals surface area contributed by atoms with Crippen LogP contribution >= 0.6 is 0 Å².